The van der Waals surface area contributed by atoms with Crippen LogP contribution in [-0.4, -0.2) is 16.2 Å². The highest BCUT2D eigenvalue weighted by Crippen LogP contribution is 2.19. The van der Waals surface area contributed by atoms with Crippen LogP contribution in [0.1, 0.15) is 11.1 Å². The number of nitrogens with zero attached hydrogens (tertiary/aromatic N) is 1. The molecule has 2 heterocycles. The Labute approximate surface area is 116 Å². The molecule has 0 aliphatic heterocycles. The van der Waals surface area contributed by atoms with Crippen LogP contribution < -0.4 is 0 Å². The van der Waals surface area contributed by atoms with Crippen molar-refractivity contribution in [3.63, 3.8) is 0 Å². The lowest BCUT2D eigenvalue weighted by molar-refractivity contribution is 0.176. The molecular weight excluding hydrogens is 254 g/mol. The SMILES string of the molecule is OC(Cc1ccsc1)Cc1ccnc2ccccc12. The Morgan fingerprint density at radius 3 is 2.84 bits per heavy atom. The summed E-state index contributed by atoms with van der Waals surface area (Å²) in [6, 6.07) is 12.1. The van der Waals surface area contributed by atoms with Gasteiger partial charge in [0, 0.05) is 11.6 Å². The maximum atomic E-state index is 10.2. The molecule has 1 N–H and O–H groups in total. The van der Waals surface area contributed by atoms with Gasteiger partial charge in [-0.2, -0.15) is 11.3 Å². The third-order valence-electron chi connectivity index (χ3n) is 3.25. The van der Waals surface area contributed by atoms with Crippen LogP contribution in [0, 0.1) is 0 Å². The molecule has 0 aliphatic rings. The zero-order chi connectivity index (χ0) is 13.1. The summed E-state index contributed by atoms with van der Waals surface area (Å²) >= 11 is 1.67. The van der Waals surface area contributed by atoms with Gasteiger partial charge in [-0.3, -0.25) is 4.98 Å². The van der Waals surface area contributed by atoms with Gasteiger partial charge in [0.1, 0.15) is 0 Å². The zero-order valence-corrected chi connectivity index (χ0v) is 11.3. The van der Waals surface area contributed by atoms with Gasteiger partial charge >= 0.3 is 0 Å². The van der Waals surface area contributed by atoms with Gasteiger partial charge in [-0.1, -0.05) is 18.2 Å². The number of aliphatic hydroxyl groups is 1. The van der Waals surface area contributed by atoms with Crippen LogP contribution in [0.4, 0.5) is 0 Å². The quantitative estimate of drug-likeness (QED) is 0.787. The van der Waals surface area contributed by atoms with E-state index < -0.39 is 0 Å². The first-order chi connectivity index (χ1) is 9.33. The van der Waals surface area contributed by atoms with Crippen molar-refractivity contribution >= 4 is 22.2 Å². The molecule has 19 heavy (non-hydrogen) atoms. The van der Waals surface area contributed by atoms with Crippen LogP contribution in [0.5, 0.6) is 0 Å². The van der Waals surface area contributed by atoms with Gasteiger partial charge in [0.05, 0.1) is 11.6 Å². The lowest BCUT2D eigenvalue weighted by Crippen LogP contribution is -2.13. The fourth-order valence-electron chi connectivity index (χ4n) is 2.34. The second-order valence-electron chi connectivity index (χ2n) is 4.68. The molecule has 3 heteroatoms. The summed E-state index contributed by atoms with van der Waals surface area (Å²) in [5, 5.41) is 15.5. The van der Waals surface area contributed by atoms with E-state index in [0.717, 1.165) is 16.5 Å². The average molecular weight is 269 g/mol. The summed E-state index contributed by atoms with van der Waals surface area (Å²) in [6.45, 7) is 0. The molecule has 1 aromatic carbocycles. The van der Waals surface area contributed by atoms with Crippen molar-refractivity contribution in [1.82, 2.24) is 4.98 Å². The fraction of sp³-hybridized carbons (Fsp3) is 0.188. The number of hydrogen-bond donors (Lipinski definition) is 1. The summed E-state index contributed by atoms with van der Waals surface area (Å²) in [6.07, 6.45) is 2.84. The maximum absolute atomic E-state index is 10.2. The molecule has 2 aromatic heterocycles. The van der Waals surface area contributed by atoms with E-state index in [9.17, 15) is 5.11 Å². The number of thiophene rings is 1. The van der Waals surface area contributed by atoms with Crippen LogP contribution in [0.3, 0.4) is 0 Å². The minimum atomic E-state index is -0.347. The van der Waals surface area contributed by atoms with Crippen molar-refractivity contribution in [2.75, 3.05) is 0 Å². The number of aliphatic hydroxyl groups excluding tert-OH is 1. The third-order valence-corrected chi connectivity index (χ3v) is 3.98. The maximum Gasteiger partial charge on any atom is 0.0704 e. The Kier molecular flexibility index (Phi) is 3.58. The van der Waals surface area contributed by atoms with E-state index in [4.69, 9.17) is 0 Å². The van der Waals surface area contributed by atoms with Gasteiger partial charge in [0.2, 0.25) is 0 Å². The molecule has 1 unspecified atom stereocenters. The molecular formula is C16H15NOS. The van der Waals surface area contributed by atoms with Crippen LogP contribution in [0.25, 0.3) is 10.9 Å². The van der Waals surface area contributed by atoms with Crippen molar-refractivity contribution in [3.05, 3.63) is 64.5 Å². The van der Waals surface area contributed by atoms with Crippen LogP contribution >= 0.6 is 11.3 Å². The molecule has 0 fully saturated rings. The van der Waals surface area contributed by atoms with Gasteiger partial charge in [-0.25, -0.2) is 0 Å². The minimum absolute atomic E-state index is 0.347. The first-order valence-corrected chi connectivity index (χ1v) is 7.29. The van der Waals surface area contributed by atoms with Gasteiger partial charge in [0.15, 0.2) is 0 Å². The van der Waals surface area contributed by atoms with Crippen LogP contribution in [-0.2, 0) is 12.8 Å². The molecule has 0 saturated heterocycles. The number of pyridine rings is 1. The molecule has 0 spiro atoms. The lowest BCUT2D eigenvalue weighted by atomic mass is 10.00. The molecule has 2 nitrogen and oxygen atoms in total. The molecule has 0 bridgehead atoms. The van der Waals surface area contributed by atoms with Crippen LogP contribution in [0.15, 0.2) is 53.4 Å². The molecule has 0 saturated carbocycles. The highest BCUT2D eigenvalue weighted by atomic mass is 32.1. The van der Waals surface area contributed by atoms with Crippen molar-refractivity contribution < 1.29 is 5.11 Å². The smallest absolute Gasteiger partial charge is 0.0704 e. The van der Waals surface area contributed by atoms with Gasteiger partial charge in [0.25, 0.3) is 0 Å². The second kappa shape index (κ2) is 5.51. The predicted octanol–water partition coefficient (Wildman–Crippen LogP) is 3.44. The highest BCUT2D eigenvalue weighted by molar-refractivity contribution is 7.07. The number of para-hydroxylation sites is 1. The van der Waals surface area contributed by atoms with E-state index >= 15 is 0 Å². The summed E-state index contributed by atoms with van der Waals surface area (Å²) in [7, 11) is 0. The average Bonchev–Trinajstić information content (AvgIpc) is 2.92. The van der Waals surface area contributed by atoms with E-state index in [2.05, 4.69) is 22.5 Å². The Bertz CT molecular complexity index is 658. The normalized spacial score (nSPS) is 12.7. The highest BCUT2D eigenvalue weighted by Gasteiger charge is 2.09. The topological polar surface area (TPSA) is 33.1 Å². The predicted molar refractivity (Wildman–Crippen MR) is 79.5 cm³/mol. The van der Waals surface area contributed by atoms with Crippen molar-refractivity contribution in [2.24, 2.45) is 0 Å². The molecule has 0 radical (unpaired) electrons. The van der Waals surface area contributed by atoms with E-state index in [1.165, 1.54) is 5.56 Å². The molecule has 3 rings (SSSR count). The van der Waals surface area contributed by atoms with Gasteiger partial charge in [-0.05, 0) is 52.9 Å². The zero-order valence-electron chi connectivity index (χ0n) is 10.5. The monoisotopic (exact) mass is 269 g/mol. The fourth-order valence-corrected chi connectivity index (χ4v) is 3.02. The minimum Gasteiger partial charge on any atom is -0.392 e. The Balaban J connectivity index is 1.81. The second-order valence-corrected chi connectivity index (χ2v) is 5.46. The van der Waals surface area contributed by atoms with E-state index in [-0.39, 0.29) is 6.10 Å². The number of fused-ring (bicyclic) bond motifs is 1. The molecule has 1 atom stereocenters. The van der Waals surface area contributed by atoms with E-state index in [1.54, 1.807) is 11.3 Å². The summed E-state index contributed by atoms with van der Waals surface area (Å²) in [5.41, 5.74) is 3.35. The standard InChI is InChI=1S/C16H15NOS/c18-14(9-12-6-8-19-11-12)10-13-5-7-17-16-4-2-1-3-15(13)16/h1-8,11,14,18H,9-10H2. The summed E-state index contributed by atoms with van der Waals surface area (Å²) < 4.78 is 0. The van der Waals surface area contributed by atoms with E-state index in [0.29, 0.717) is 12.8 Å². The van der Waals surface area contributed by atoms with Crippen LogP contribution in [0.2, 0.25) is 0 Å². The molecule has 0 amide bonds. The number of aromatic nitrogens is 1. The van der Waals surface area contributed by atoms with Crippen molar-refractivity contribution in [2.45, 2.75) is 18.9 Å². The Hall–Kier alpha value is -1.71. The first-order valence-electron chi connectivity index (χ1n) is 6.35. The Morgan fingerprint density at radius 2 is 2.00 bits per heavy atom. The van der Waals surface area contributed by atoms with Gasteiger partial charge < -0.3 is 5.11 Å². The van der Waals surface area contributed by atoms with Crippen molar-refractivity contribution in [3.8, 4) is 0 Å². The third kappa shape index (κ3) is 2.83. The largest absolute Gasteiger partial charge is 0.392 e. The molecule has 0 aliphatic carbocycles. The van der Waals surface area contributed by atoms with E-state index in [1.807, 2.05) is 35.8 Å². The summed E-state index contributed by atoms with van der Waals surface area (Å²) in [4.78, 5) is 4.34. The number of hydrogen-bond acceptors (Lipinski definition) is 3. The number of rotatable bonds is 4. The number of benzene rings is 1. The molecule has 96 valence electrons. The summed E-state index contributed by atoms with van der Waals surface area (Å²) in [5.74, 6) is 0. The first kappa shape index (κ1) is 12.3. The van der Waals surface area contributed by atoms with Crippen molar-refractivity contribution in [1.29, 1.82) is 0 Å². The Morgan fingerprint density at radius 1 is 1.11 bits per heavy atom. The molecule has 3 aromatic rings. The van der Waals surface area contributed by atoms with Gasteiger partial charge in [-0.15, -0.1) is 0 Å². The lowest BCUT2D eigenvalue weighted by Gasteiger charge is -2.11.